The third kappa shape index (κ3) is 3.33. The van der Waals surface area contributed by atoms with Crippen molar-refractivity contribution in [3.05, 3.63) is 28.8 Å². The van der Waals surface area contributed by atoms with Gasteiger partial charge in [-0.1, -0.05) is 30.7 Å². The largest absolute Gasteiger partial charge is 0.389 e. The van der Waals surface area contributed by atoms with E-state index < -0.39 is 0 Å². The molecule has 0 radical (unpaired) electrons. The minimum Gasteiger partial charge on any atom is -0.389 e. The minimum absolute atomic E-state index is 0.406. The Kier molecular flexibility index (Phi) is 3.89. The van der Waals surface area contributed by atoms with E-state index in [9.17, 15) is 0 Å². The monoisotopic (exact) mass is 268 g/mol. The van der Waals surface area contributed by atoms with Crippen LogP contribution in [0.2, 0.25) is 5.02 Å². The van der Waals surface area contributed by atoms with Crippen LogP contribution in [-0.2, 0) is 0 Å². The molecule has 1 fully saturated rings. The zero-order valence-electron chi connectivity index (χ0n) is 9.87. The van der Waals surface area contributed by atoms with E-state index in [1.54, 1.807) is 0 Å². The van der Waals surface area contributed by atoms with Gasteiger partial charge in [-0.05, 0) is 42.9 Å². The first-order valence-electron chi connectivity index (χ1n) is 5.91. The first-order chi connectivity index (χ1) is 8.08. The molecule has 92 valence electrons. The summed E-state index contributed by atoms with van der Waals surface area (Å²) >= 11 is 11.0. The van der Waals surface area contributed by atoms with Gasteiger partial charge in [-0.25, -0.2) is 0 Å². The number of rotatable bonds is 5. The fraction of sp³-hybridized carbons (Fsp3) is 0.462. The van der Waals surface area contributed by atoms with Gasteiger partial charge >= 0.3 is 0 Å². The molecule has 0 spiro atoms. The minimum atomic E-state index is 0.406. The highest BCUT2D eigenvalue weighted by atomic mass is 35.5. The highest BCUT2D eigenvalue weighted by Gasteiger charge is 2.27. The van der Waals surface area contributed by atoms with E-state index in [4.69, 9.17) is 29.6 Å². The van der Waals surface area contributed by atoms with Crippen molar-refractivity contribution in [1.82, 2.24) is 0 Å². The zero-order valence-corrected chi connectivity index (χ0v) is 11.4. The Labute approximate surface area is 113 Å². The number of anilines is 1. The highest BCUT2D eigenvalue weighted by molar-refractivity contribution is 7.80. The maximum absolute atomic E-state index is 5.99. The van der Waals surface area contributed by atoms with Gasteiger partial charge in [-0.15, -0.1) is 0 Å². The van der Waals surface area contributed by atoms with Crippen molar-refractivity contribution < 1.29 is 0 Å². The smallest absolute Gasteiger partial charge is 0.106 e. The quantitative estimate of drug-likeness (QED) is 0.804. The van der Waals surface area contributed by atoms with Crippen LogP contribution in [-0.4, -0.2) is 11.5 Å². The van der Waals surface area contributed by atoms with Crippen molar-refractivity contribution >= 4 is 34.5 Å². The van der Waals surface area contributed by atoms with Crippen LogP contribution in [0.15, 0.2) is 18.2 Å². The summed E-state index contributed by atoms with van der Waals surface area (Å²) in [6, 6.07) is 5.57. The van der Waals surface area contributed by atoms with Crippen molar-refractivity contribution in [3.8, 4) is 0 Å². The van der Waals surface area contributed by atoms with Gasteiger partial charge in [-0.2, -0.15) is 0 Å². The summed E-state index contributed by atoms with van der Waals surface area (Å²) in [5.74, 6) is 1.57. The van der Waals surface area contributed by atoms with Crippen LogP contribution < -0.4 is 11.1 Å². The fourth-order valence-electron chi connectivity index (χ4n) is 1.98. The molecule has 1 aliphatic rings. The van der Waals surface area contributed by atoms with E-state index in [-0.39, 0.29) is 0 Å². The van der Waals surface area contributed by atoms with E-state index in [1.807, 2.05) is 18.2 Å². The van der Waals surface area contributed by atoms with Crippen LogP contribution in [0.4, 0.5) is 5.69 Å². The van der Waals surface area contributed by atoms with Crippen molar-refractivity contribution in [1.29, 1.82) is 0 Å². The van der Waals surface area contributed by atoms with E-state index in [1.165, 1.54) is 12.8 Å². The first kappa shape index (κ1) is 12.7. The number of nitrogens with two attached hydrogens (primary N) is 1. The fourth-order valence-corrected chi connectivity index (χ4v) is 2.33. The Balaban J connectivity index is 2.07. The van der Waals surface area contributed by atoms with Crippen molar-refractivity contribution in [2.75, 3.05) is 11.9 Å². The molecule has 0 aliphatic heterocycles. The molecule has 0 bridgehead atoms. The maximum Gasteiger partial charge on any atom is 0.106 e. The zero-order chi connectivity index (χ0) is 12.4. The number of halogens is 1. The van der Waals surface area contributed by atoms with Crippen LogP contribution in [0.25, 0.3) is 0 Å². The predicted octanol–water partition coefficient (Wildman–Crippen LogP) is 3.43. The van der Waals surface area contributed by atoms with Crippen molar-refractivity contribution in [3.63, 3.8) is 0 Å². The standard InChI is InChI=1S/C13H17ClN2S/c1-8(9-2-3-9)7-16-12-6-10(14)4-5-11(12)13(15)17/h4-6,8-9,16H,2-3,7H2,1H3,(H2,15,17). The summed E-state index contributed by atoms with van der Waals surface area (Å²) in [7, 11) is 0. The molecule has 2 nitrogen and oxygen atoms in total. The van der Waals surface area contributed by atoms with Crippen LogP contribution >= 0.6 is 23.8 Å². The Hall–Kier alpha value is -0.800. The van der Waals surface area contributed by atoms with Gasteiger partial charge in [-0.3, -0.25) is 0 Å². The second kappa shape index (κ2) is 5.23. The van der Waals surface area contributed by atoms with Gasteiger partial charge in [0.05, 0.1) is 0 Å². The summed E-state index contributed by atoms with van der Waals surface area (Å²) in [5.41, 5.74) is 7.50. The number of hydrogen-bond donors (Lipinski definition) is 2. The number of hydrogen-bond acceptors (Lipinski definition) is 2. The van der Waals surface area contributed by atoms with Gasteiger partial charge in [0.15, 0.2) is 0 Å². The average Bonchev–Trinajstić information content (AvgIpc) is 3.09. The Morgan fingerprint density at radius 2 is 2.29 bits per heavy atom. The molecule has 1 aromatic carbocycles. The third-order valence-corrected chi connectivity index (χ3v) is 3.74. The third-order valence-electron chi connectivity index (χ3n) is 3.29. The van der Waals surface area contributed by atoms with Crippen LogP contribution in [0, 0.1) is 11.8 Å². The molecule has 0 heterocycles. The van der Waals surface area contributed by atoms with E-state index in [0.717, 1.165) is 23.7 Å². The molecular formula is C13H17ClN2S. The number of benzene rings is 1. The summed E-state index contributed by atoms with van der Waals surface area (Å²) in [4.78, 5) is 0.406. The van der Waals surface area contributed by atoms with Gasteiger partial charge in [0.25, 0.3) is 0 Å². The second-order valence-corrected chi connectivity index (χ2v) is 5.63. The SMILES string of the molecule is CC(CNc1cc(Cl)ccc1C(N)=S)C1CC1. The molecule has 17 heavy (non-hydrogen) atoms. The van der Waals surface area contributed by atoms with Gasteiger partial charge < -0.3 is 11.1 Å². The molecule has 1 saturated carbocycles. The maximum atomic E-state index is 5.99. The molecule has 1 unspecified atom stereocenters. The van der Waals surface area contributed by atoms with E-state index >= 15 is 0 Å². The van der Waals surface area contributed by atoms with Crippen molar-refractivity contribution in [2.24, 2.45) is 17.6 Å². The molecule has 0 aromatic heterocycles. The Bertz CT molecular complexity index is 429. The average molecular weight is 269 g/mol. The van der Waals surface area contributed by atoms with E-state index in [2.05, 4.69) is 12.2 Å². The lowest BCUT2D eigenvalue weighted by Crippen LogP contribution is -2.17. The lowest BCUT2D eigenvalue weighted by atomic mass is 10.1. The first-order valence-corrected chi connectivity index (χ1v) is 6.70. The van der Waals surface area contributed by atoms with Crippen LogP contribution in [0.1, 0.15) is 25.3 Å². The molecule has 2 rings (SSSR count). The molecule has 0 amide bonds. The molecule has 1 atom stereocenters. The summed E-state index contributed by atoms with van der Waals surface area (Å²) in [6.07, 6.45) is 2.72. The summed E-state index contributed by atoms with van der Waals surface area (Å²) in [6.45, 7) is 3.22. The normalized spacial score (nSPS) is 16.6. The molecule has 1 aromatic rings. The lowest BCUT2D eigenvalue weighted by Gasteiger charge is -2.15. The molecule has 0 saturated heterocycles. The molecular weight excluding hydrogens is 252 g/mol. The highest BCUT2D eigenvalue weighted by Crippen LogP contribution is 2.36. The molecule has 1 aliphatic carbocycles. The molecule has 4 heteroatoms. The van der Waals surface area contributed by atoms with Gasteiger partial charge in [0.1, 0.15) is 4.99 Å². The topological polar surface area (TPSA) is 38.0 Å². The van der Waals surface area contributed by atoms with Gasteiger partial charge in [0, 0.05) is 22.8 Å². The number of nitrogens with one attached hydrogen (secondary N) is 1. The lowest BCUT2D eigenvalue weighted by molar-refractivity contribution is 0.536. The van der Waals surface area contributed by atoms with Crippen LogP contribution in [0.3, 0.4) is 0 Å². The molecule has 3 N–H and O–H groups in total. The number of thiocarbonyl (C=S) groups is 1. The Morgan fingerprint density at radius 1 is 1.59 bits per heavy atom. The summed E-state index contributed by atoms with van der Waals surface area (Å²) in [5, 5.41) is 4.11. The predicted molar refractivity (Wildman–Crippen MR) is 77.7 cm³/mol. The summed E-state index contributed by atoms with van der Waals surface area (Å²) < 4.78 is 0. The second-order valence-electron chi connectivity index (χ2n) is 4.75. The van der Waals surface area contributed by atoms with Crippen LogP contribution in [0.5, 0.6) is 0 Å². The van der Waals surface area contributed by atoms with E-state index in [0.29, 0.717) is 15.9 Å². The Morgan fingerprint density at radius 3 is 2.88 bits per heavy atom. The van der Waals surface area contributed by atoms with Gasteiger partial charge in [0.2, 0.25) is 0 Å². The van der Waals surface area contributed by atoms with Crippen molar-refractivity contribution in [2.45, 2.75) is 19.8 Å².